The summed E-state index contributed by atoms with van der Waals surface area (Å²) < 4.78 is 0. The molecule has 1 amide bonds. The van der Waals surface area contributed by atoms with Crippen LogP contribution in [0.2, 0.25) is 0 Å². The Morgan fingerprint density at radius 1 is 1.38 bits per heavy atom. The second-order valence-corrected chi connectivity index (χ2v) is 7.08. The normalized spacial score (nSPS) is 20.0. The average molecular weight is 329 g/mol. The highest BCUT2D eigenvalue weighted by molar-refractivity contribution is 8.00. The third-order valence-corrected chi connectivity index (χ3v) is 5.30. The summed E-state index contributed by atoms with van der Waals surface area (Å²) in [6, 6.07) is 9.57. The van der Waals surface area contributed by atoms with E-state index in [1.165, 1.54) is 0 Å². The van der Waals surface area contributed by atoms with Crippen LogP contribution < -0.4 is 5.73 Å². The Hall–Kier alpha value is -0.710. The molecule has 1 unspecified atom stereocenters. The van der Waals surface area contributed by atoms with E-state index in [0.717, 1.165) is 24.4 Å². The molecule has 1 fully saturated rings. The lowest BCUT2D eigenvalue weighted by atomic mass is 10.0. The van der Waals surface area contributed by atoms with Crippen LogP contribution in [0.4, 0.5) is 0 Å². The molecule has 1 aliphatic heterocycles. The molecule has 1 aliphatic rings. The van der Waals surface area contributed by atoms with Crippen LogP contribution in [0.3, 0.4) is 0 Å². The Bertz CT molecular complexity index is 441. The summed E-state index contributed by atoms with van der Waals surface area (Å²) in [4.78, 5) is 14.4. The van der Waals surface area contributed by atoms with Crippen molar-refractivity contribution in [2.45, 2.75) is 31.6 Å². The van der Waals surface area contributed by atoms with Gasteiger partial charge in [-0.25, -0.2) is 0 Å². The number of benzene rings is 1. The molecule has 21 heavy (non-hydrogen) atoms. The Kier molecular flexibility index (Phi) is 7.57. The van der Waals surface area contributed by atoms with Crippen molar-refractivity contribution in [2.75, 3.05) is 18.8 Å². The predicted octanol–water partition coefficient (Wildman–Crippen LogP) is 2.58. The summed E-state index contributed by atoms with van der Waals surface area (Å²) in [7, 11) is 0. The van der Waals surface area contributed by atoms with Gasteiger partial charge in [-0.2, -0.15) is 11.8 Å². The molecule has 2 N–H and O–H groups in total. The van der Waals surface area contributed by atoms with Gasteiger partial charge < -0.3 is 10.6 Å². The lowest BCUT2D eigenvalue weighted by molar-refractivity contribution is -0.132. The van der Waals surface area contributed by atoms with Gasteiger partial charge in [0, 0.05) is 24.1 Å². The quantitative estimate of drug-likeness (QED) is 0.924. The second-order valence-electron chi connectivity index (χ2n) is 5.73. The van der Waals surface area contributed by atoms with Crippen LogP contribution in [-0.2, 0) is 11.2 Å². The molecule has 0 aliphatic carbocycles. The van der Waals surface area contributed by atoms with Crippen LogP contribution in [-0.4, -0.2) is 40.9 Å². The van der Waals surface area contributed by atoms with Crippen molar-refractivity contribution >= 4 is 30.1 Å². The van der Waals surface area contributed by atoms with Crippen molar-refractivity contribution in [3.63, 3.8) is 0 Å². The number of nitrogens with two attached hydrogens (primary N) is 1. The number of halogens is 1. The molecular formula is C16H25ClN2OS. The van der Waals surface area contributed by atoms with Gasteiger partial charge in [0.2, 0.25) is 5.91 Å². The molecule has 1 aromatic rings. The third kappa shape index (κ3) is 5.20. The second kappa shape index (κ2) is 8.66. The fourth-order valence-electron chi connectivity index (χ4n) is 2.47. The number of carbonyl (C=O) groups is 1. The Balaban J connectivity index is 0.00000220. The van der Waals surface area contributed by atoms with E-state index in [1.54, 1.807) is 0 Å². The van der Waals surface area contributed by atoms with E-state index in [2.05, 4.69) is 13.8 Å². The van der Waals surface area contributed by atoms with E-state index < -0.39 is 6.04 Å². The van der Waals surface area contributed by atoms with Crippen molar-refractivity contribution in [3.05, 3.63) is 35.9 Å². The SMILES string of the molecule is CC(C)C1CN(C(=O)[C@@H](N)Cc2ccccc2)CCS1.Cl. The lowest BCUT2D eigenvalue weighted by Crippen LogP contribution is -2.50. The molecule has 0 aromatic heterocycles. The molecule has 0 bridgehead atoms. The van der Waals surface area contributed by atoms with Crippen molar-refractivity contribution in [3.8, 4) is 0 Å². The largest absolute Gasteiger partial charge is 0.339 e. The van der Waals surface area contributed by atoms with Crippen molar-refractivity contribution in [1.29, 1.82) is 0 Å². The van der Waals surface area contributed by atoms with Gasteiger partial charge in [-0.15, -0.1) is 12.4 Å². The first-order valence-corrected chi connectivity index (χ1v) is 8.32. The van der Waals surface area contributed by atoms with Crippen LogP contribution in [0.5, 0.6) is 0 Å². The van der Waals surface area contributed by atoms with Gasteiger partial charge in [0.15, 0.2) is 0 Å². The van der Waals surface area contributed by atoms with E-state index in [9.17, 15) is 4.79 Å². The number of carbonyl (C=O) groups excluding carboxylic acids is 1. The molecule has 0 saturated carbocycles. The minimum absolute atomic E-state index is 0. The Labute approximate surface area is 138 Å². The maximum atomic E-state index is 12.5. The van der Waals surface area contributed by atoms with E-state index in [1.807, 2.05) is 47.0 Å². The van der Waals surface area contributed by atoms with E-state index in [0.29, 0.717) is 17.6 Å². The van der Waals surface area contributed by atoms with Gasteiger partial charge in [0.05, 0.1) is 6.04 Å². The number of rotatable bonds is 4. The molecule has 3 nitrogen and oxygen atoms in total. The van der Waals surface area contributed by atoms with Gasteiger partial charge >= 0.3 is 0 Å². The van der Waals surface area contributed by atoms with Crippen LogP contribution in [0, 0.1) is 5.92 Å². The summed E-state index contributed by atoms with van der Waals surface area (Å²) in [5, 5.41) is 0.539. The average Bonchev–Trinajstić information content (AvgIpc) is 2.47. The molecular weight excluding hydrogens is 304 g/mol. The molecule has 2 rings (SSSR count). The molecule has 1 aromatic carbocycles. The Morgan fingerprint density at radius 3 is 2.67 bits per heavy atom. The Morgan fingerprint density at radius 2 is 2.05 bits per heavy atom. The van der Waals surface area contributed by atoms with Gasteiger partial charge in [0.1, 0.15) is 0 Å². The summed E-state index contributed by atoms with van der Waals surface area (Å²) in [6.45, 7) is 6.10. The number of amides is 1. The topological polar surface area (TPSA) is 46.3 Å². The zero-order valence-corrected chi connectivity index (χ0v) is 14.3. The van der Waals surface area contributed by atoms with Gasteiger partial charge in [-0.3, -0.25) is 4.79 Å². The zero-order chi connectivity index (χ0) is 14.5. The maximum absolute atomic E-state index is 12.5. The van der Waals surface area contributed by atoms with E-state index in [-0.39, 0.29) is 18.3 Å². The fourth-order valence-corrected chi connectivity index (χ4v) is 3.77. The number of nitrogens with zero attached hydrogens (tertiary/aromatic N) is 1. The van der Waals surface area contributed by atoms with E-state index in [4.69, 9.17) is 5.73 Å². The maximum Gasteiger partial charge on any atom is 0.239 e. The molecule has 1 saturated heterocycles. The van der Waals surface area contributed by atoms with E-state index >= 15 is 0 Å². The highest BCUT2D eigenvalue weighted by Crippen LogP contribution is 2.25. The fraction of sp³-hybridized carbons (Fsp3) is 0.562. The summed E-state index contributed by atoms with van der Waals surface area (Å²) in [6.07, 6.45) is 0.621. The van der Waals surface area contributed by atoms with Crippen molar-refractivity contribution < 1.29 is 4.79 Å². The molecule has 0 spiro atoms. The molecule has 5 heteroatoms. The smallest absolute Gasteiger partial charge is 0.239 e. The first-order valence-electron chi connectivity index (χ1n) is 7.28. The van der Waals surface area contributed by atoms with Crippen LogP contribution in [0.1, 0.15) is 19.4 Å². The van der Waals surface area contributed by atoms with Crippen LogP contribution in [0.25, 0.3) is 0 Å². The standard InChI is InChI=1S/C16H24N2OS.ClH/c1-12(2)15-11-18(8-9-20-15)16(19)14(17)10-13-6-4-3-5-7-13;/h3-7,12,14-15H,8-11,17H2,1-2H3;1H/t14-,15?;/m0./s1. The molecule has 118 valence electrons. The molecule has 2 atom stereocenters. The number of hydrogen-bond acceptors (Lipinski definition) is 3. The minimum Gasteiger partial charge on any atom is -0.339 e. The van der Waals surface area contributed by atoms with Gasteiger partial charge in [0.25, 0.3) is 0 Å². The summed E-state index contributed by atoms with van der Waals surface area (Å²) in [5.41, 5.74) is 7.23. The van der Waals surface area contributed by atoms with Crippen LogP contribution >= 0.6 is 24.2 Å². The number of hydrogen-bond donors (Lipinski definition) is 1. The first-order chi connectivity index (χ1) is 9.58. The summed E-state index contributed by atoms with van der Waals surface area (Å²) >= 11 is 1.97. The zero-order valence-electron chi connectivity index (χ0n) is 12.7. The lowest BCUT2D eigenvalue weighted by Gasteiger charge is -2.35. The van der Waals surface area contributed by atoms with Crippen molar-refractivity contribution in [2.24, 2.45) is 11.7 Å². The third-order valence-electron chi connectivity index (χ3n) is 3.76. The highest BCUT2D eigenvalue weighted by atomic mass is 35.5. The summed E-state index contributed by atoms with van der Waals surface area (Å²) in [5.74, 6) is 1.72. The monoisotopic (exact) mass is 328 g/mol. The van der Waals surface area contributed by atoms with Crippen LogP contribution in [0.15, 0.2) is 30.3 Å². The van der Waals surface area contributed by atoms with Gasteiger partial charge in [-0.1, -0.05) is 44.2 Å². The predicted molar refractivity (Wildman–Crippen MR) is 93.0 cm³/mol. The first kappa shape index (κ1) is 18.3. The van der Waals surface area contributed by atoms with Gasteiger partial charge in [-0.05, 0) is 17.9 Å². The molecule has 0 radical (unpaired) electrons. The number of thioether (sulfide) groups is 1. The highest BCUT2D eigenvalue weighted by Gasteiger charge is 2.28. The van der Waals surface area contributed by atoms with Crippen molar-refractivity contribution in [1.82, 2.24) is 4.90 Å². The minimum atomic E-state index is -0.423. The molecule has 1 heterocycles.